The van der Waals surface area contributed by atoms with Crippen LogP contribution < -0.4 is 5.32 Å². The van der Waals surface area contributed by atoms with Crippen molar-refractivity contribution in [3.05, 3.63) is 46.5 Å². The number of aromatic nitrogens is 4. The first-order chi connectivity index (χ1) is 10.7. The molecule has 3 aromatic rings. The van der Waals surface area contributed by atoms with E-state index in [1.165, 1.54) is 6.33 Å². The highest BCUT2D eigenvalue weighted by Gasteiger charge is 2.12. The number of rotatable bonds is 5. The maximum absolute atomic E-state index is 6.23. The summed E-state index contributed by atoms with van der Waals surface area (Å²) in [7, 11) is 0. The Balaban J connectivity index is 1.99. The fraction of sp³-hybridized carbons (Fsp3) is 0.267. The first-order valence-electron chi connectivity index (χ1n) is 7.03. The van der Waals surface area contributed by atoms with Crippen molar-refractivity contribution in [2.24, 2.45) is 0 Å². The van der Waals surface area contributed by atoms with Crippen molar-refractivity contribution in [3.8, 4) is 0 Å². The van der Waals surface area contributed by atoms with Crippen LogP contribution in [-0.4, -0.2) is 26.1 Å². The molecule has 0 amide bonds. The molecule has 0 spiro atoms. The highest BCUT2D eigenvalue weighted by atomic mass is 35.5. The second-order valence-corrected chi connectivity index (χ2v) is 5.71. The fourth-order valence-electron chi connectivity index (χ4n) is 2.22. The van der Waals surface area contributed by atoms with Gasteiger partial charge in [0, 0.05) is 22.2 Å². The normalized spacial score (nSPS) is 11.0. The van der Waals surface area contributed by atoms with Crippen molar-refractivity contribution in [1.29, 1.82) is 0 Å². The van der Waals surface area contributed by atoms with Gasteiger partial charge in [-0.1, -0.05) is 36.2 Å². The van der Waals surface area contributed by atoms with E-state index in [9.17, 15) is 0 Å². The van der Waals surface area contributed by atoms with Crippen molar-refractivity contribution in [2.45, 2.75) is 19.9 Å². The topological polar surface area (TPSA) is 55.6 Å². The molecular formula is C15H15Cl2N5. The zero-order valence-electron chi connectivity index (χ0n) is 12.1. The monoisotopic (exact) mass is 335 g/mol. The van der Waals surface area contributed by atoms with E-state index in [1.807, 2.05) is 22.8 Å². The van der Waals surface area contributed by atoms with E-state index >= 15 is 0 Å². The lowest BCUT2D eigenvalue weighted by molar-refractivity contribution is 0.813. The zero-order valence-corrected chi connectivity index (χ0v) is 13.6. The van der Waals surface area contributed by atoms with E-state index in [1.54, 1.807) is 6.33 Å². The molecule has 0 radical (unpaired) electrons. The molecule has 0 saturated carbocycles. The van der Waals surface area contributed by atoms with Crippen molar-refractivity contribution in [3.63, 3.8) is 0 Å². The standard InChI is InChI=1S/C15H15Cl2N5/c1-2-6-18-14-13-15(20-8-19-14)22(9-21-13)7-10-11(16)4-3-5-12(10)17/h3-5,8-9H,2,6-7H2,1H3,(H,18,19,20). The lowest BCUT2D eigenvalue weighted by atomic mass is 10.2. The summed E-state index contributed by atoms with van der Waals surface area (Å²) in [6, 6.07) is 5.48. The summed E-state index contributed by atoms with van der Waals surface area (Å²) >= 11 is 12.5. The van der Waals surface area contributed by atoms with E-state index < -0.39 is 0 Å². The Morgan fingerprint density at radius 3 is 2.64 bits per heavy atom. The van der Waals surface area contributed by atoms with Gasteiger partial charge in [0.2, 0.25) is 0 Å². The molecule has 0 aliphatic rings. The highest BCUT2D eigenvalue weighted by Crippen LogP contribution is 2.26. The van der Waals surface area contributed by atoms with Gasteiger partial charge in [-0.05, 0) is 18.6 Å². The van der Waals surface area contributed by atoms with E-state index in [4.69, 9.17) is 23.2 Å². The molecule has 2 aromatic heterocycles. The van der Waals surface area contributed by atoms with E-state index in [0.29, 0.717) is 16.6 Å². The summed E-state index contributed by atoms with van der Waals surface area (Å²) in [6.45, 7) is 3.46. The number of benzene rings is 1. The molecule has 7 heteroatoms. The second-order valence-electron chi connectivity index (χ2n) is 4.89. The quantitative estimate of drug-likeness (QED) is 0.765. The van der Waals surface area contributed by atoms with Crippen LogP contribution in [0.15, 0.2) is 30.9 Å². The van der Waals surface area contributed by atoms with Crippen LogP contribution in [-0.2, 0) is 6.54 Å². The second kappa shape index (κ2) is 6.50. The van der Waals surface area contributed by atoms with Gasteiger partial charge < -0.3 is 9.88 Å². The van der Waals surface area contributed by atoms with Crippen LogP contribution >= 0.6 is 23.2 Å². The van der Waals surface area contributed by atoms with Gasteiger partial charge in [0.05, 0.1) is 12.9 Å². The number of anilines is 1. The van der Waals surface area contributed by atoms with Gasteiger partial charge in [-0.2, -0.15) is 0 Å². The average molecular weight is 336 g/mol. The van der Waals surface area contributed by atoms with Gasteiger partial charge in [-0.15, -0.1) is 0 Å². The minimum absolute atomic E-state index is 0.513. The van der Waals surface area contributed by atoms with Crippen molar-refractivity contribution >= 4 is 40.2 Å². The van der Waals surface area contributed by atoms with Gasteiger partial charge in [0.1, 0.15) is 11.8 Å². The van der Waals surface area contributed by atoms with Crippen LogP contribution in [0.3, 0.4) is 0 Å². The van der Waals surface area contributed by atoms with Crippen LogP contribution in [0.1, 0.15) is 18.9 Å². The fourth-order valence-corrected chi connectivity index (χ4v) is 2.74. The van der Waals surface area contributed by atoms with Gasteiger partial charge in [-0.3, -0.25) is 0 Å². The number of halogens is 2. The first kappa shape index (κ1) is 15.1. The van der Waals surface area contributed by atoms with Gasteiger partial charge >= 0.3 is 0 Å². The lowest BCUT2D eigenvalue weighted by Crippen LogP contribution is -2.04. The first-order valence-corrected chi connectivity index (χ1v) is 7.79. The molecule has 0 aliphatic heterocycles. The molecule has 5 nitrogen and oxygen atoms in total. The third-order valence-corrected chi connectivity index (χ3v) is 4.04. The van der Waals surface area contributed by atoms with Crippen LogP contribution in [0.5, 0.6) is 0 Å². The molecule has 0 fully saturated rings. The Bertz CT molecular complexity index is 779. The van der Waals surface area contributed by atoms with Crippen LogP contribution in [0.2, 0.25) is 10.0 Å². The summed E-state index contributed by atoms with van der Waals surface area (Å²) < 4.78 is 1.92. The molecule has 1 N–H and O–H groups in total. The number of nitrogens with one attached hydrogen (secondary N) is 1. The Morgan fingerprint density at radius 2 is 1.91 bits per heavy atom. The van der Waals surface area contributed by atoms with Gasteiger partial charge in [0.15, 0.2) is 11.5 Å². The van der Waals surface area contributed by atoms with E-state index in [0.717, 1.165) is 35.5 Å². The Hall–Kier alpha value is -1.85. The number of fused-ring (bicyclic) bond motifs is 1. The average Bonchev–Trinajstić information content (AvgIpc) is 2.93. The molecule has 0 unspecified atom stereocenters. The molecule has 114 valence electrons. The summed E-state index contributed by atoms with van der Waals surface area (Å²) in [6.07, 6.45) is 4.28. The number of hydrogen-bond acceptors (Lipinski definition) is 4. The smallest absolute Gasteiger partial charge is 0.165 e. The summed E-state index contributed by atoms with van der Waals surface area (Å²) in [5.74, 6) is 0.746. The largest absolute Gasteiger partial charge is 0.368 e. The van der Waals surface area contributed by atoms with E-state index in [-0.39, 0.29) is 0 Å². The third kappa shape index (κ3) is 2.87. The predicted octanol–water partition coefficient (Wildman–Crippen LogP) is 4.00. The summed E-state index contributed by atoms with van der Waals surface area (Å²) in [4.78, 5) is 13.0. The maximum Gasteiger partial charge on any atom is 0.165 e. The van der Waals surface area contributed by atoms with Crippen molar-refractivity contribution < 1.29 is 0 Å². The predicted molar refractivity (Wildman–Crippen MR) is 89.7 cm³/mol. The number of hydrogen-bond donors (Lipinski definition) is 1. The lowest BCUT2D eigenvalue weighted by Gasteiger charge is -2.08. The molecule has 0 aliphatic carbocycles. The zero-order chi connectivity index (χ0) is 15.5. The highest BCUT2D eigenvalue weighted by molar-refractivity contribution is 6.36. The molecular weight excluding hydrogens is 321 g/mol. The summed E-state index contributed by atoms with van der Waals surface area (Å²) in [5, 5.41) is 4.52. The molecule has 3 rings (SSSR count). The molecule has 22 heavy (non-hydrogen) atoms. The van der Waals surface area contributed by atoms with Crippen LogP contribution in [0, 0.1) is 0 Å². The molecule has 0 bridgehead atoms. The van der Waals surface area contributed by atoms with Crippen LogP contribution in [0.4, 0.5) is 5.82 Å². The van der Waals surface area contributed by atoms with Gasteiger partial charge in [0.25, 0.3) is 0 Å². The Morgan fingerprint density at radius 1 is 1.14 bits per heavy atom. The maximum atomic E-state index is 6.23. The molecule has 0 atom stereocenters. The number of imidazole rings is 1. The van der Waals surface area contributed by atoms with Gasteiger partial charge in [-0.25, -0.2) is 15.0 Å². The third-order valence-electron chi connectivity index (χ3n) is 3.33. The van der Waals surface area contributed by atoms with Crippen molar-refractivity contribution in [1.82, 2.24) is 19.5 Å². The molecule has 1 aromatic carbocycles. The molecule has 2 heterocycles. The Kier molecular flexibility index (Phi) is 4.45. The van der Waals surface area contributed by atoms with E-state index in [2.05, 4.69) is 27.2 Å². The van der Waals surface area contributed by atoms with Crippen molar-refractivity contribution in [2.75, 3.05) is 11.9 Å². The minimum Gasteiger partial charge on any atom is -0.368 e. The minimum atomic E-state index is 0.513. The summed E-state index contributed by atoms with van der Waals surface area (Å²) in [5.41, 5.74) is 2.36. The number of nitrogens with zero attached hydrogens (tertiary/aromatic N) is 4. The molecule has 0 saturated heterocycles. The van der Waals surface area contributed by atoms with Crippen LogP contribution in [0.25, 0.3) is 11.2 Å². The SMILES string of the molecule is CCCNc1ncnc2c1ncn2Cc1c(Cl)cccc1Cl. The Labute approximate surface area is 138 Å².